The number of hydrogen-bond acceptors (Lipinski definition) is 1. The molecule has 0 saturated carbocycles. The first-order valence-corrected chi connectivity index (χ1v) is 11.2. The smallest absolute Gasteiger partial charge is 0.250 e. The molecule has 1 rings (SSSR count). The Labute approximate surface area is 139 Å². The van der Waals surface area contributed by atoms with E-state index < -0.39 is 8.32 Å². The second-order valence-electron chi connectivity index (χ2n) is 8.36. The van der Waals surface area contributed by atoms with Crippen molar-refractivity contribution in [1.82, 2.24) is 0 Å². The first-order valence-electron chi connectivity index (χ1n) is 8.31. The van der Waals surface area contributed by atoms with E-state index in [9.17, 15) is 0 Å². The Kier molecular flexibility index (Phi) is 5.75. The molecular formula is C20H34OSi. The third kappa shape index (κ3) is 4.06. The SMILES string of the molecule is C=C=C(C)[C@@H]1C[C@@H](C(=C)C)CC(O[Si](C)(C)C(C)(C)C)=C1C. The molecule has 0 spiro atoms. The lowest BCUT2D eigenvalue weighted by Crippen LogP contribution is -2.41. The molecule has 0 fully saturated rings. The first-order chi connectivity index (χ1) is 9.90. The normalized spacial score (nSPS) is 23.1. The van der Waals surface area contributed by atoms with Crippen LogP contribution in [0.1, 0.15) is 54.4 Å². The lowest BCUT2D eigenvalue weighted by Gasteiger charge is -2.41. The van der Waals surface area contributed by atoms with Gasteiger partial charge in [-0.2, -0.15) is 0 Å². The fourth-order valence-corrected chi connectivity index (χ4v) is 3.87. The molecule has 0 amide bonds. The summed E-state index contributed by atoms with van der Waals surface area (Å²) in [6, 6.07) is 0. The average molecular weight is 319 g/mol. The van der Waals surface area contributed by atoms with Crippen molar-refractivity contribution in [2.75, 3.05) is 0 Å². The van der Waals surface area contributed by atoms with Gasteiger partial charge in [0.15, 0.2) is 0 Å². The zero-order chi connectivity index (χ0) is 17.3. The van der Waals surface area contributed by atoms with Gasteiger partial charge in [-0.15, -0.1) is 5.73 Å². The van der Waals surface area contributed by atoms with Crippen molar-refractivity contribution in [3.63, 3.8) is 0 Å². The standard InChI is InChI=1S/C20H34OSi/c1-11-15(4)18-12-17(14(2)3)13-19(16(18)5)21-22(9,10)20(6,7)8/h17-18H,1-2,12-13H2,3-10H3/t17-,18+/m1/s1. The van der Waals surface area contributed by atoms with Crippen molar-refractivity contribution < 1.29 is 4.43 Å². The molecule has 22 heavy (non-hydrogen) atoms. The van der Waals surface area contributed by atoms with Gasteiger partial charge < -0.3 is 4.43 Å². The molecule has 0 aromatic rings. The fourth-order valence-electron chi connectivity index (χ4n) is 2.71. The molecule has 0 unspecified atom stereocenters. The van der Waals surface area contributed by atoms with E-state index in [1.165, 1.54) is 22.5 Å². The van der Waals surface area contributed by atoms with E-state index in [2.05, 4.69) is 73.5 Å². The molecular weight excluding hydrogens is 284 g/mol. The highest BCUT2D eigenvalue weighted by atomic mass is 28.4. The van der Waals surface area contributed by atoms with Gasteiger partial charge in [-0.05, 0) is 62.4 Å². The van der Waals surface area contributed by atoms with Crippen LogP contribution in [0, 0.1) is 11.8 Å². The maximum Gasteiger partial charge on any atom is 0.250 e. The van der Waals surface area contributed by atoms with E-state index in [0.29, 0.717) is 11.8 Å². The molecule has 124 valence electrons. The van der Waals surface area contributed by atoms with Gasteiger partial charge in [0.2, 0.25) is 8.32 Å². The number of hydrogen-bond donors (Lipinski definition) is 0. The summed E-state index contributed by atoms with van der Waals surface area (Å²) in [6.07, 6.45) is 2.11. The van der Waals surface area contributed by atoms with Gasteiger partial charge in [-0.25, -0.2) is 0 Å². The second kappa shape index (κ2) is 6.64. The van der Waals surface area contributed by atoms with E-state index in [4.69, 9.17) is 4.43 Å². The fraction of sp³-hybridized carbons (Fsp3) is 0.650. The molecule has 0 bridgehead atoms. The van der Waals surface area contributed by atoms with Crippen LogP contribution in [0.25, 0.3) is 0 Å². The van der Waals surface area contributed by atoms with Gasteiger partial charge >= 0.3 is 0 Å². The summed E-state index contributed by atoms with van der Waals surface area (Å²) in [5.41, 5.74) is 6.95. The molecule has 1 aliphatic carbocycles. The zero-order valence-corrected chi connectivity index (χ0v) is 16.9. The van der Waals surface area contributed by atoms with Crippen LogP contribution in [0.4, 0.5) is 0 Å². The summed E-state index contributed by atoms with van der Waals surface area (Å²) in [6.45, 7) is 26.0. The van der Waals surface area contributed by atoms with Gasteiger partial charge in [0.1, 0.15) is 0 Å². The van der Waals surface area contributed by atoms with Crippen LogP contribution in [0.5, 0.6) is 0 Å². The van der Waals surface area contributed by atoms with Crippen LogP contribution in [0.3, 0.4) is 0 Å². The highest BCUT2D eigenvalue weighted by Gasteiger charge is 2.41. The Morgan fingerprint density at radius 3 is 2.23 bits per heavy atom. The molecule has 0 aromatic heterocycles. The van der Waals surface area contributed by atoms with E-state index in [-0.39, 0.29) is 5.04 Å². The monoisotopic (exact) mass is 318 g/mol. The number of rotatable bonds is 4. The van der Waals surface area contributed by atoms with Crippen LogP contribution in [-0.4, -0.2) is 8.32 Å². The van der Waals surface area contributed by atoms with Crippen LogP contribution in [0.15, 0.2) is 41.4 Å². The van der Waals surface area contributed by atoms with Gasteiger partial charge in [-0.3, -0.25) is 0 Å². The molecule has 1 nitrogen and oxygen atoms in total. The van der Waals surface area contributed by atoms with Crippen molar-refractivity contribution >= 4 is 8.32 Å². The zero-order valence-electron chi connectivity index (χ0n) is 15.9. The van der Waals surface area contributed by atoms with Gasteiger partial charge in [0, 0.05) is 12.3 Å². The molecule has 0 heterocycles. The Morgan fingerprint density at radius 2 is 1.82 bits per heavy atom. The lowest BCUT2D eigenvalue weighted by molar-refractivity contribution is 0.302. The maximum absolute atomic E-state index is 6.68. The van der Waals surface area contributed by atoms with Gasteiger partial charge in [-0.1, -0.05) is 39.5 Å². The Morgan fingerprint density at radius 1 is 1.27 bits per heavy atom. The minimum absolute atomic E-state index is 0.218. The summed E-state index contributed by atoms with van der Waals surface area (Å²) in [5.74, 6) is 2.09. The van der Waals surface area contributed by atoms with Gasteiger partial charge in [0.05, 0.1) is 5.76 Å². The molecule has 0 N–H and O–H groups in total. The van der Waals surface area contributed by atoms with Crippen LogP contribution < -0.4 is 0 Å². The predicted octanol–water partition coefficient (Wildman–Crippen LogP) is 6.62. The first kappa shape index (κ1) is 19.1. The molecule has 0 aromatic carbocycles. The second-order valence-corrected chi connectivity index (χ2v) is 13.1. The molecule has 2 atom stereocenters. The summed E-state index contributed by atoms with van der Waals surface area (Å²) in [5, 5.41) is 0.218. The van der Waals surface area contributed by atoms with Crippen LogP contribution >= 0.6 is 0 Å². The van der Waals surface area contributed by atoms with Gasteiger partial charge in [0.25, 0.3) is 0 Å². The maximum atomic E-state index is 6.68. The number of allylic oxidation sites excluding steroid dienone is 4. The quantitative estimate of drug-likeness (QED) is 0.322. The Bertz CT molecular complexity index is 524. The highest BCUT2D eigenvalue weighted by molar-refractivity contribution is 6.74. The minimum Gasteiger partial charge on any atom is -0.547 e. The van der Waals surface area contributed by atoms with E-state index in [0.717, 1.165) is 12.8 Å². The van der Waals surface area contributed by atoms with Crippen molar-refractivity contribution in [2.24, 2.45) is 11.8 Å². The van der Waals surface area contributed by atoms with E-state index in [1.807, 2.05) is 0 Å². The molecule has 0 radical (unpaired) electrons. The average Bonchev–Trinajstić information content (AvgIpc) is 2.38. The van der Waals surface area contributed by atoms with Crippen molar-refractivity contribution in [1.29, 1.82) is 0 Å². The summed E-state index contributed by atoms with van der Waals surface area (Å²) in [4.78, 5) is 0. The van der Waals surface area contributed by atoms with E-state index >= 15 is 0 Å². The molecule has 1 aliphatic rings. The summed E-state index contributed by atoms with van der Waals surface area (Å²) >= 11 is 0. The largest absolute Gasteiger partial charge is 0.547 e. The predicted molar refractivity (Wildman–Crippen MR) is 100 cm³/mol. The minimum atomic E-state index is -1.81. The van der Waals surface area contributed by atoms with Crippen LogP contribution in [-0.2, 0) is 4.43 Å². The lowest BCUT2D eigenvalue weighted by atomic mass is 9.75. The highest BCUT2D eigenvalue weighted by Crippen LogP contribution is 2.44. The molecule has 0 aliphatic heterocycles. The summed E-state index contributed by atoms with van der Waals surface area (Å²) < 4.78 is 6.68. The van der Waals surface area contributed by atoms with Crippen LogP contribution in [0.2, 0.25) is 18.1 Å². The van der Waals surface area contributed by atoms with E-state index in [1.54, 1.807) is 0 Å². The summed E-state index contributed by atoms with van der Waals surface area (Å²) in [7, 11) is -1.81. The van der Waals surface area contributed by atoms with Crippen molar-refractivity contribution in [3.8, 4) is 0 Å². The Hall–Kier alpha value is -0.983. The molecule has 2 heteroatoms. The topological polar surface area (TPSA) is 9.23 Å². The third-order valence-electron chi connectivity index (χ3n) is 5.60. The third-order valence-corrected chi connectivity index (χ3v) is 9.97. The van der Waals surface area contributed by atoms with Crippen molar-refractivity contribution in [3.05, 3.63) is 41.4 Å². The molecule has 0 saturated heterocycles. The Balaban J connectivity index is 3.23. The van der Waals surface area contributed by atoms with Crippen molar-refractivity contribution in [2.45, 2.75) is 72.5 Å².